The first kappa shape index (κ1) is 10.8. The molecule has 0 saturated carbocycles. The van der Waals surface area contributed by atoms with Crippen LogP contribution in [0.1, 0.15) is 0 Å². The molecular weight excluding hydrogens is 108 g/mol. The van der Waals surface area contributed by atoms with Crippen molar-refractivity contribution < 1.29 is 10.2 Å². The smallest absolute Gasteiger partial charge is 0.0662 e. The van der Waals surface area contributed by atoms with Crippen molar-refractivity contribution in [2.75, 3.05) is 27.3 Å². The fourth-order valence-corrected chi connectivity index (χ4v) is 0. The van der Waals surface area contributed by atoms with E-state index in [-0.39, 0.29) is 13.2 Å². The van der Waals surface area contributed by atoms with Crippen LogP contribution in [0.5, 0.6) is 0 Å². The molecule has 52 valence electrons. The van der Waals surface area contributed by atoms with E-state index in [1.54, 1.807) is 0 Å². The molecule has 0 aromatic carbocycles. The average molecular weight is 122 g/mol. The predicted octanol–water partition coefficient (Wildman–Crippen LogP) is -1.69. The normalized spacial score (nSPS) is 7.50. The lowest BCUT2D eigenvalue weighted by molar-refractivity contribution is 0.186. The van der Waals surface area contributed by atoms with E-state index in [9.17, 15) is 0 Å². The molecule has 0 amide bonds. The molecule has 0 spiro atoms. The number of aliphatic hydroxyl groups excluding tert-OH is 2. The van der Waals surface area contributed by atoms with Crippen molar-refractivity contribution in [2.24, 2.45) is 0 Å². The molecule has 0 aromatic heterocycles. The summed E-state index contributed by atoms with van der Waals surface area (Å²) in [6, 6.07) is 0. The fourth-order valence-electron chi connectivity index (χ4n) is 0. The van der Waals surface area contributed by atoms with Crippen LogP contribution in [0.4, 0.5) is 0 Å². The topological polar surface area (TPSA) is 64.5 Å². The Hall–Kier alpha value is -0.160. The molecule has 0 rings (SSSR count). The molecule has 0 atom stereocenters. The lowest BCUT2D eigenvalue weighted by atomic mass is 10.8. The molecule has 4 nitrogen and oxygen atoms in total. The van der Waals surface area contributed by atoms with Crippen LogP contribution in [-0.4, -0.2) is 37.5 Å². The van der Waals surface area contributed by atoms with E-state index in [2.05, 4.69) is 10.9 Å². The van der Waals surface area contributed by atoms with Crippen molar-refractivity contribution in [3.05, 3.63) is 0 Å². The molecule has 4 heteroatoms. The van der Waals surface area contributed by atoms with Gasteiger partial charge in [0.15, 0.2) is 0 Å². The van der Waals surface area contributed by atoms with Gasteiger partial charge in [0.05, 0.1) is 13.2 Å². The van der Waals surface area contributed by atoms with Crippen LogP contribution in [-0.2, 0) is 0 Å². The Balaban J connectivity index is 0. The molecule has 4 N–H and O–H groups in total. The molecule has 0 aliphatic carbocycles. The van der Waals surface area contributed by atoms with Crippen LogP contribution in [0.25, 0.3) is 0 Å². The highest BCUT2D eigenvalue weighted by Crippen LogP contribution is 1.39. The first-order chi connectivity index (χ1) is 3.83. The molecule has 0 saturated heterocycles. The van der Waals surface area contributed by atoms with Gasteiger partial charge in [0.1, 0.15) is 0 Å². The molecule has 0 bridgehead atoms. The van der Waals surface area contributed by atoms with E-state index in [1.165, 1.54) is 0 Å². The summed E-state index contributed by atoms with van der Waals surface area (Å²) in [6.45, 7) is -0.250. The van der Waals surface area contributed by atoms with Crippen LogP contribution < -0.4 is 10.9 Å². The number of nitrogens with one attached hydrogen (secondary N) is 2. The third kappa shape index (κ3) is 40.4. The van der Waals surface area contributed by atoms with Gasteiger partial charge >= 0.3 is 0 Å². The van der Waals surface area contributed by atoms with Crippen molar-refractivity contribution in [3.8, 4) is 0 Å². The highest BCUT2D eigenvalue weighted by Gasteiger charge is 1.58. The summed E-state index contributed by atoms with van der Waals surface area (Å²) in [5, 5.41) is 15.2. The lowest BCUT2D eigenvalue weighted by Gasteiger charge is -1.81. The third-order valence-electron chi connectivity index (χ3n) is 0.350. The molecule has 0 aromatic rings. The summed E-state index contributed by atoms with van der Waals surface area (Å²) in [6.07, 6.45) is 0. The van der Waals surface area contributed by atoms with Crippen molar-refractivity contribution >= 4 is 0 Å². The Kier molecular flexibility index (Phi) is 21.3. The van der Waals surface area contributed by atoms with Crippen LogP contribution in [0.15, 0.2) is 0 Å². The minimum atomic E-state index is -0.125. The van der Waals surface area contributed by atoms with Crippen molar-refractivity contribution in [1.29, 1.82) is 0 Å². The quantitative estimate of drug-likeness (QED) is 0.330. The average Bonchev–Trinajstić information content (AvgIpc) is 1.88. The van der Waals surface area contributed by atoms with Gasteiger partial charge in [0.25, 0.3) is 0 Å². The van der Waals surface area contributed by atoms with E-state index in [0.717, 1.165) is 0 Å². The Morgan fingerprint density at radius 2 is 1.25 bits per heavy atom. The van der Waals surface area contributed by atoms with E-state index >= 15 is 0 Å². The Morgan fingerprint density at radius 1 is 1.00 bits per heavy atom. The van der Waals surface area contributed by atoms with E-state index in [0.29, 0.717) is 0 Å². The lowest BCUT2D eigenvalue weighted by Crippen LogP contribution is -2.21. The SMILES string of the molecule is CNNC.OCCO. The van der Waals surface area contributed by atoms with Crippen LogP contribution in [0.3, 0.4) is 0 Å². The number of rotatable bonds is 2. The zero-order valence-corrected chi connectivity index (χ0v) is 5.31. The third-order valence-corrected chi connectivity index (χ3v) is 0.350. The molecule has 0 unspecified atom stereocenters. The second-order valence-electron chi connectivity index (χ2n) is 0.947. The summed E-state index contributed by atoms with van der Waals surface area (Å²) in [4.78, 5) is 0. The van der Waals surface area contributed by atoms with Crippen LogP contribution in [0, 0.1) is 0 Å². The molecule has 8 heavy (non-hydrogen) atoms. The number of hydrogen-bond donors (Lipinski definition) is 4. The van der Waals surface area contributed by atoms with Crippen LogP contribution >= 0.6 is 0 Å². The van der Waals surface area contributed by atoms with Gasteiger partial charge in [0, 0.05) is 0 Å². The van der Waals surface area contributed by atoms with Gasteiger partial charge in [-0.05, 0) is 14.1 Å². The molecule has 0 fully saturated rings. The molecular formula is C4H14N2O2. The van der Waals surface area contributed by atoms with Crippen molar-refractivity contribution in [1.82, 2.24) is 10.9 Å². The van der Waals surface area contributed by atoms with Gasteiger partial charge in [-0.15, -0.1) is 0 Å². The zero-order valence-electron chi connectivity index (χ0n) is 5.31. The summed E-state index contributed by atoms with van der Waals surface area (Å²) < 4.78 is 0. The Bertz CT molecular complexity index is 20.0. The monoisotopic (exact) mass is 122 g/mol. The Morgan fingerprint density at radius 3 is 1.25 bits per heavy atom. The second kappa shape index (κ2) is 15.8. The summed E-state index contributed by atoms with van der Waals surface area (Å²) in [5.74, 6) is 0. The number of aliphatic hydroxyl groups is 2. The van der Waals surface area contributed by atoms with Crippen molar-refractivity contribution in [3.63, 3.8) is 0 Å². The van der Waals surface area contributed by atoms with Crippen LogP contribution in [0.2, 0.25) is 0 Å². The fraction of sp³-hybridized carbons (Fsp3) is 1.00. The standard InChI is InChI=1S/C2H8N2.C2H6O2/c1-3-4-2;3-1-2-4/h3-4H,1-2H3;3-4H,1-2H2. The van der Waals surface area contributed by atoms with E-state index in [1.807, 2.05) is 14.1 Å². The zero-order chi connectivity index (χ0) is 6.83. The predicted molar refractivity (Wildman–Crippen MR) is 32.3 cm³/mol. The van der Waals surface area contributed by atoms with Gasteiger partial charge in [-0.1, -0.05) is 0 Å². The van der Waals surface area contributed by atoms with Gasteiger partial charge in [-0.2, -0.15) is 0 Å². The summed E-state index contributed by atoms with van der Waals surface area (Å²) in [5.41, 5.74) is 5.36. The minimum Gasteiger partial charge on any atom is -0.394 e. The Labute approximate surface area is 49.5 Å². The number of hydrazine groups is 1. The van der Waals surface area contributed by atoms with Gasteiger partial charge in [0.2, 0.25) is 0 Å². The van der Waals surface area contributed by atoms with E-state index < -0.39 is 0 Å². The number of hydrogen-bond acceptors (Lipinski definition) is 4. The second-order valence-corrected chi connectivity index (χ2v) is 0.947. The van der Waals surface area contributed by atoms with E-state index in [4.69, 9.17) is 10.2 Å². The molecule has 0 aliphatic rings. The summed E-state index contributed by atoms with van der Waals surface area (Å²) in [7, 11) is 3.64. The van der Waals surface area contributed by atoms with Gasteiger partial charge in [-0.3, -0.25) is 10.9 Å². The molecule has 0 radical (unpaired) electrons. The minimum absolute atomic E-state index is 0.125. The maximum absolute atomic E-state index is 7.62. The maximum atomic E-state index is 7.62. The van der Waals surface area contributed by atoms with Gasteiger partial charge in [-0.25, -0.2) is 0 Å². The maximum Gasteiger partial charge on any atom is 0.0662 e. The van der Waals surface area contributed by atoms with Gasteiger partial charge < -0.3 is 10.2 Å². The first-order valence-electron chi connectivity index (χ1n) is 2.38. The highest BCUT2D eigenvalue weighted by atomic mass is 16.3. The molecule has 0 aliphatic heterocycles. The van der Waals surface area contributed by atoms with Crippen molar-refractivity contribution in [2.45, 2.75) is 0 Å². The highest BCUT2D eigenvalue weighted by molar-refractivity contribution is 4.06. The molecule has 0 heterocycles. The first-order valence-corrected chi connectivity index (χ1v) is 2.38. The largest absolute Gasteiger partial charge is 0.394 e. The summed E-state index contributed by atoms with van der Waals surface area (Å²) >= 11 is 0.